The molecule has 1 N–H and O–H groups in total. The van der Waals surface area contributed by atoms with Crippen LogP contribution in [0.1, 0.15) is 57.0 Å². The van der Waals surface area contributed by atoms with Gasteiger partial charge in [-0.15, -0.1) is 34.5 Å². The molecule has 1 aliphatic carbocycles. The maximum absolute atomic E-state index is 3.23. The minimum Gasteiger partial charge on any atom is -1.00 e. The first-order valence-corrected chi connectivity index (χ1v) is 11.1. The van der Waals surface area contributed by atoms with E-state index < -0.39 is 0 Å². The number of nitrogens with one attached hydrogen (secondary N) is 1. The maximum Gasteiger partial charge on any atom is 3.00 e. The molecule has 1 heterocycles. The van der Waals surface area contributed by atoms with E-state index in [4.69, 9.17) is 0 Å². The van der Waals surface area contributed by atoms with Gasteiger partial charge in [-0.25, -0.2) is 0 Å². The molecule has 0 bridgehead atoms. The molecule has 1 aliphatic rings. The van der Waals surface area contributed by atoms with E-state index in [-0.39, 0.29) is 56.4 Å². The summed E-state index contributed by atoms with van der Waals surface area (Å²) in [5.41, 5.74) is 10.8. The van der Waals surface area contributed by atoms with Gasteiger partial charge in [-0.3, -0.25) is 0 Å². The van der Waals surface area contributed by atoms with Crippen LogP contribution in [0.3, 0.4) is 0 Å². The summed E-state index contributed by atoms with van der Waals surface area (Å²) in [6, 6.07) is 22.2. The second-order valence-electron chi connectivity index (χ2n) is 9.51. The second kappa shape index (κ2) is 12.3. The van der Waals surface area contributed by atoms with Gasteiger partial charge in [0.2, 0.25) is 0 Å². The smallest absolute Gasteiger partial charge is 1.00 e. The average molecular weight is 569 g/mol. The Labute approximate surface area is 236 Å². The van der Waals surface area contributed by atoms with Crippen LogP contribution in [0, 0.1) is 6.92 Å². The normalized spacial score (nSPS) is 13.1. The second-order valence-corrected chi connectivity index (χ2v) is 9.51. The van der Waals surface area contributed by atoms with Crippen LogP contribution in [0.15, 0.2) is 78.5 Å². The zero-order chi connectivity index (χ0) is 22.2. The van der Waals surface area contributed by atoms with Gasteiger partial charge in [-0.1, -0.05) is 69.7 Å². The Hall–Kier alpha value is -1.73. The Kier molecular flexibility index (Phi) is 11.0. The summed E-state index contributed by atoms with van der Waals surface area (Å²) < 4.78 is 0. The third kappa shape index (κ3) is 6.28. The molecule has 5 rings (SSSR count). The number of benzene rings is 2. The van der Waals surface area contributed by atoms with Crippen molar-refractivity contribution in [3.63, 3.8) is 0 Å². The van der Waals surface area contributed by atoms with Crippen molar-refractivity contribution in [1.82, 2.24) is 4.98 Å². The van der Waals surface area contributed by atoms with E-state index in [1.54, 1.807) is 0 Å². The molecule has 3 aromatic carbocycles. The number of rotatable bonds is 1. The molecule has 1 radical (unpaired) electrons. The van der Waals surface area contributed by atoms with Crippen molar-refractivity contribution in [3.05, 3.63) is 101 Å². The fraction of sp³-hybridized carbons (Fsp3) is 0.233. The van der Waals surface area contributed by atoms with Gasteiger partial charge in [-0.05, 0) is 53.7 Å². The van der Waals surface area contributed by atoms with Crippen LogP contribution in [-0.4, -0.2) is 4.98 Å². The topological polar surface area (TPSA) is 15.8 Å². The Morgan fingerprint density at radius 2 is 1.59 bits per heavy atom. The molecule has 4 heteroatoms. The number of H-pyrrole nitrogens is 1. The number of allylic oxidation sites excluding steroid dienone is 3. The van der Waals surface area contributed by atoms with Gasteiger partial charge < -0.3 is 29.8 Å². The van der Waals surface area contributed by atoms with E-state index in [1.807, 2.05) is 6.20 Å². The van der Waals surface area contributed by atoms with E-state index in [0.29, 0.717) is 0 Å². The molecule has 0 saturated carbocycles. The molecule has 4 aromatic rings. The minimum atomic E-state index is 0. The van der Waals surface area contributed by atoms with Gasteiger partial charge in [-0.2, -0.15) is 6.07 Å². The van der Waals surface area contributed by atoms with Gasteiger partial charge in [0.1, 0.15) is 0 Å². The first-order chi connectivity index (χ1) is 14.8. The molecule has 0 amide bonds. The van der Waals surface area contributed by atoms with Crippen molar-refractivity contribution in [3.8, 4) is 11.1 Å². The Bertz CT molecular complexity index is 1280. The number of aromatic amines is 1. The van der Waals surface area contributed by atoms with Gasteiger partial charge in [0, 0.05) is 11.8 Å². The van der Waals surface area contributed by atoms with Crippen LogP contribution in [0.25, 0.3) is 33.5 Å². The molecule has 0 aliphatic heterocycles. The quantitative estimate of drug-likeness (QED) is 0.340. The number of hydrogen-bond donors (Lipinski definition) is 1. The third-order valence-electron chi connectivity index (χ3n) is 6.09. The summed E-state index contributed by atoms with van der Waals surface area (Å²) in [7, 11) is 0. The molecule has 34 heavy (non-hydrogen) atoms. The van der Waals surface area contributed by atoms with Crippen LogP contribution in [0.5, 0.6) is 0 Å². The molecule has 0 spiro atoms. The number of fused-ring (bicyclic) bond motifs is 2. The zero-order valence-electron chi connectivity index (χ0n) is 20.8. The van der Waals surface area contributed by atoms with E-state index >= 15 is 0 Å². The van der Waals surface area contributed by atoms with Gasteiger partial charge in [0.15, 0.2) is 0 Å². The first kappa shape index (κ1) is 30.3. The number of aromatic nitrogens is 1. The molecule has 1 nitrogen and oxygen atoms in total. The predicted octanol–water partition coefficient (Wildman–Crippen LogP) is 2.67. The van der Waals surface area contributed by atoms with E-state index in [9.17, 15) is 0 Å². The monoisotopic (exact) mass is 566 g/mol. The number of aryl methyl sites for hydroxylation is 1. The average Bonchev–Trinajstić information content (AvgIpc) is 3.40. The molecule has 0 unspecified atom stereocenters. The first-order valence-electron chi connectivity index (χ1n) is 11.1. The van der Waals surface area contributed by atoms with Crippen LogP contribution in [0.2, 0.25) is 0 Å². The largest absolute Gasteiger partial charge is 3.00 e. The van der Waals surface area contributed by atoms with Crippen molar-refractivity contribution in [2.45, 2.75) is 47.0 Å². The van der Waals surface area contributed by atoms with Crippen LogP contribution < -0.4 is 24.8 Å². The molecule has 175 valence electrons. The fourth-order valence-corrected chi connectivity index (χ4v) is 4.40. The predicted molar refractivity (Wildman–Crippen MR) is 137 cm³/mol. The fourth-order valence-electron chi connectivity index (χ4n) is 4.40. The van der Waals surface area contributed by atoms with Crippen molar-refractivity contribution in [1.29, 1.82) is 0 Å². The summed E-state index contributed by atoms with van der Waals surface area (Å²) in [5, 5.41) is 2.69. The molecule has 0 saturated heterocycles. The number of hydrogen-bond acceptors (Lipinski definition) is 0. The standard InChI is InChI=1S/C20H21.C10H11N.2ClH.Zr/c1-14-12-16-6-5-7-18(19(16)13-14)15-8-10-17(11-9-15)20(2,3)4;1-3-9-7(2)6-8-4-5-11-10(8)9;;;/h5-13H,1-4H3;3-6,11H,1-2H3;2*1H;/q-1;;;;+3/p-2. The SMILES string of the molecule is CC=C1C(C)=Cc2cc[nH]c21.Cc1cc2c(-c3ccc(C(C)(C)C)cc3)cccc2[cH-]1.[Cl-].[Cl-].[Zr+3]. The molecular weight excluding hydrogens is 536 g/mol. The summed E-state index contributed by atoms with van der Waals surface area (Å²) in [4.78, 5) is 3.23. The summed E-state index contributed by atoms with van der Waals surface area (Å²) in [6.45, 7) is 13.1. The maximum atomic E-state index is 3.23. The van der Waals surface area contributed by atoms with Gasteiger partial charge in [0.25, 0.3) is 0 Å². The van der Waals surface area contributed by atoms with E-state index in [2.05, 4.69) is 119 Å². The summed E-state index contributed by atoms with van der Waals surface area (Å²) >= 11 is 0. The van der Waals surface area contributed by atoms with Gasteiger partial charge in [0.05, 0.1) is 5.69 Å². The summed E-state index contributed by atoms with van der Waals surface area (Å²) in [5.74, 6) is 0. The zero-order valence-corrected chi connectivity index (χ0v) is 24.7. The van der Waals surface area contributed by atoms with Gasteiger partial charge >= 0.3 is 26.2 Å². The summed E-state index contributed by atoms with van der Waals surface area (Å²) in [6.07, 6.45) is 6.34. The van der Waals surface area contributed by atoms with Crippen LogP contribution in [-0.2, 0) is 31.6 Å². The molecule has 0 fully saturated rings. The molecule has 0 atom stereocenters. The van der Waals surface area contributed by atoms with E-state index in [1.165, 1.54) is 55.4 Å². The van der Waals surface area contributed by atoms with Crippen LogP contribution >= 0.6 is 0 Å². The molecule has 1 aromatic heterocycles. The van der Waals surface area contributed by atoms with Crippen molar-refractivity contribution in [2.75, 3.05) is 0 Å². The third-order valence-corrected chi connectivity index (χ3v) is 6.09. The van der Waals surface area contributed by atoms with Crippen LogP contribution in [0.4, 0.5) is 0 Å². The van der Waals surface area contributed by atoms with Crippen molar-refractivity contribution < 1.29 is 51.0 Å². The number of halogens is 2. The Balaban J connectivity index is 0.000000356. The van der Waals surface area contributed by atoms with Crippen molar-refractivity contribution in [2.24, 2.45) is 0 Å². The minimum absolute atomic E-state index is 0. The van der Waals surface area contributed by atoms with Crippen molar-refractivity contribution >= 4 is 22.4 Å². The molecular formula is C30H32Cl2NZr. The Morgan fingerprint density at radius 1 is 0.912 bits per heavy atom. The van der Waals surface area contributed by atoms with E-state index in [0.717, 1.165) is 0 Å². The Morgan fingerprint density at radius 3 is 2.21 bits per heavy atom.